The Morgan fingerprint density at radius 3 is 2.55 bits per heavy atom. The number of nitrogens with two attached hydrogens (primary N) is 1. The smallest absolute Gasteiger partial charge is 0.190 e. The second-order valence-electron chi connectivity index (χ2n) is 5.32. The molecule has 0 saturated heterocycles. The number of benzene rings is 1. The summed E-state index contributed by atoms with van der Waals surface area (Å²) in [4.78, 5) is 8.81. The molecule has 2 aromatic rings. The van der Waals surface area contributed by atoms with Crippen molar-refractivity contribution in [1.82, 2.24) is 9.97 Å². The van der Waals surface area contributed by atoms with E-state index >= 15 is 0 Å². The zero-order chi connectivity index (χ0) is 16.1. The first kappa shape index (κ1) is 16.3. The van der Waals surface area contributed by atoms with Crippen LogP contribution in [0.15, 0.2) is 29.4 Å². The fourth-order valence-corrected chi connectivity index (χ4v) is 2.81. The highest BCUT2D eigenvalue weighted by atomic mass is 32.2. The van der Waals surface area contributed by atoms with Crippen LogP contribution in [0.1, 0.15) is 42.7 Å². The molecular weight excluding hydrogens is 292 g/mol. The van der Waals surface area contributed by atoms with Crippen molar-refractivity contribution in [2.45, 2.75) is 44.0 Å². The fourth-order valence-electron chi connectivity index (χ4n) is 1.97. The summed E-state index contributed by atoms with van der Waals surface area (Å²) in [7, 11) is 0. The molecule has 0 aliphatic carbocycles. The third-order valence-electron chi connectivity index (χ3n) is 3.48. The number of nitrogen functional groups attached to an aromatic ring is 1. The highest BCUT2D eigenvalue weighted by Crippen LogP contribution is 2.25. The van der Waals surface area contributed by atoms with E-state index in [9.17, 15) is 5.26 Å². The molecule has 0 aliphatic rings. The maximum atomic E-state index is 9.32. The van der Waals surface area contributed by atoms with Crippen LogP contribution in [0.2, 0.25) is 0 Å². The molecule has 1 aromatic carbocycles. The Labute approximate surface area is 135 Å². The van der Waals surface area contributed by atoms with Crippen LogP contribution in [0.4, 0.5) is 5.82 Å². The molecule has 2 rings (SSSR count). The van der Waals surface area contributed by atoms with Crippen LogP contribution in [-0.2, 0) is 6.42 Å². The molecule has 1 aromatic heterocycles. The molecule has 22 heavy (non-hydrogen) atoms. The number of nitrogens with zero attached hydrogens (tertiary/aromatic N) is 3. The predicted molar refractivity (Wildman–Crippen MR) is 90.8 cm³/mol. The van der Waals surface area contributed by atoms with Crippen LogP contribution in [-0.4, -0.2) is 15.2 Å². The highest BCUT2D eigenvalue weighted by molar-refractivity contribution is 7.99. The number of thioether (sulfide) groups is 1. The molecule has 0 spiro atoms. The molecule has 1 heterocycles. The molecule has 5 heteroatoms. The number of hydrogen-bond acceptors (Lipinski definition) is 5. The summed E-state index contributed by atoms with van der Waals surface area (Å²) >= 11 is 1.59. The van der Waals surface area contributed by atoms with Gasteiger partial charge in [-0.05, 0) is 18.9 Å². The maximum absolute atomic E-state index is 9.32. The number of rotatable bonds is 5. The summed E-state index contributed by atoms with van der Waals surface area (Å²) in [5.41, 5.74) is 9.34. The van der Waals surface area contributed by atoms with Gasteiger partial charge in [0.2, 0.25) is 0 Å². The Hall–Kier alpha value is -2.06. The summed E-state index contributed by atoms with van der Waals surface area (Å²) in [5, 5.41) is 10.4. The quantitative estimate of drug-likeness (QED) is 0.672. The molecule has 0 fully saturated rings. The van der Waals surface area contributed by atoms with Crippen molar-refractivity contribution in [3.8, 4) is 6.07 Å². The lowest BCUT2D eigenvalue weighted by atomic mass is 10.0. The van der Waals surface area contributed by atoms with Gasteiger partial charge in [0.25, 0.3) is 0 Å². The Morgan fingerprint density at radius 1 is 1.27 bits per heavy atom. The molecule has 1 atom stereocenters. The molecule has 0 aliphatic heterocycles. The van der Waals surface area contributed by atoms with E-state index in [2.05, 4.69) is 54.2 Å². The Kier molecular flexibility index (Phi) is 5.40. The van der Waals surface area contributed by atoms with Crippen LogP contribution < -0.4 is 5.73 Å². The van der Waals surface area contributed by atoms with Gasteiger partial charge in [-0.1, -0.05) is 55.4 Å². The molecule has 4 nitrogen and oxygen atoms in total. The molecule has 114 valence electrons. The van der Waals surface area contributed by atoms with E-state index in [0.29, 0.717) is 28.1 Å². The average Bonchev–Trinajstić information content (AvgIpc) is 2.49. The van der Waals surface area contributed by atoms with Gasteiger partial charge in [-0.15, -0.1) is 0 Å². The molecule has 0 bridgehead atoms. The van der Waals surface area contributed by atoms with E-state index < -0.39 is 0 Å². The lowest BCUT2D eigenvalue weighted by molar-refractivity contribution is 0.867. The molecule has 2 N–H and O–H groups in total. The van der Waals surface area contributed by atoms with Gasteiger partial charge in [-0.25, -0.2) is 9.97 Å². The second kappa shape index (κ2) is 7.28. The zero-order valence-electron chi connectivity index (χ0n) is 13.1. The topological polar surface area (TPSA) is 75.6 Å². The van der Waals surface area contributed by atoms with Crippen molar-refractivity contribution < 1.29 is 0 Å². The van der Waals surface area contributed by atoms with E-state index in [1.165, 1.54) is 5.56 Å². The van der Waals surface area contributed by atoms with Gasteiger partial charge in [0.15, 0.2) is 5.16 Å². The predicted octanol–water partition coefficient (Wildman–Crippen LogP) is 3.72. The van der Waals surface area contributed by atoms with E-state index in [4.69, 9.17) is 5.73 Å². The van der Waals surface area contributed by atoms with Crippen molar-refractivity contribution in [2.75, 3.05) is 5.73 Å². The van der Waals surface area contributed by atoms with Gasteiger partial charge in [-0.3, -0.25) is 0 Å². The first-order chi connectivity index (χ1) is 10.5. The van der Waals surface area contributed by atoms with Gasteiger partial charge >= 0.3 is 0 Å². The van der Waals surface area contributed by atoms with Crippen molar-refractivity contribution in [3.05, 3.63) is 46.6 Å². The monoisotopic (exact) mass is 312 g/mol. The number of aryl methyl sites for hydroxylation is 1. The van der Waals surface area contributed by atoms with Gasteiger partial charge < -0.3 is 5.73 Å². The maximum Gasteiger partial charge on any atom is 0.190 e. The third kappa shape index (κ3) is 3.99. The molecule has 0 radical (unpaired) electrons. The van der Waals surface area contributed by atoms with E-state index in [1.807, 2.05) is 6.92 Å². The van der Waals surface area contributed by atoms with Crippen LogP contribution in [0.25, 0.3) is 0 Å². The fraction of sp³-hybridized carbons (Fsp3) is 0.353. The van der Waals surface area contributed by atoms with E-state index in [1.54, 1.807) is 11.8 Å². The van der Waals surface area contributed by atoms with Gasteiger partial charge in [-0.2, -0.15) is 5.26 Å². The van der Waals surface area contributed by atoms with Crippen LogP contribution >= 0.6 is 11.8 Å². The summed E-state index contributed by atoms with van der Waals surface area (Å²) in [5.74, 6) is 0.269. The lowest BCUT2D eigenvalue weighted by Gasteiger charge is -2.11. The van der Waals surface area contributed by atoms with E-state index in [-0.39, 0.29) is 5.82 Å². The third-order valence-corrected chi connectivity index (χ3v) is 4.61. The minimum atomic E-state index is 0.269. The van der Waals surface area contributed by atoms with Crippen molar-refractivity contribution in [1.29, 1.82) is 5.26 Å². The summed E-state index contributed by atoms with van der Waals surface area (Å²) < 4.78 is 0. The highest BCUT2D eigenvalue weighted by Gasteiger charge is 2.14. The van der Waals surface area contributed by atoms with Crippen molar-refractivity contribution in [3.63, 3.8) is 0 Å². The molecule has 0 amide bonds. The van der Waals surface area contributed by atoms with Gasteiger partial charge in [0, 0.05) is 11.7 Å². The molecular formula is C17H20N4S. The number of hydrogen-bond donors (Lipinski definition) is 1. The lowest BCUT2D eigenvalue weighted by Crippen LogP contribution is -2.07. The first-order valence-corrected chi connectivity index (χ1v) is 8.20. The molecule has 0 saturated carbocycles. The Balaban J connectivity index is 2.35. The van der Waals surface area contributed by atoms with Crippen LogP contribution in [0.5, 0.6) is 0 Å². The van der Waals surface area contributed by atoms with Crippen molar-refractivity contribution in [2.24, 2.45) is 0 Å². The Morgan fingerprint density at radius 2 is 1.95 bits per heavy atom. The minimum Gasteiger partial charge on any atom is -0.382 e. The SMILES string of the molecule is CC[C@H](C)Sc1nc(N)c(C#N)c(Cc2ccc(C)cc2)n1. The summed E-state index contributed by atoms with van der Waals surface area (Å²) in [6.45, 7) is 6.30. The minimum absolute atomic E-state index is 0.269. The van der Waals surface area contributed by atoms with Crippen molar-refractivity contribution >= 4 is 17.6 Å². The second-order valence-corrected chi connectivity index (χ2v) is 6.73. The zero-order valence-corrected chi connectivity index (χ0v) is 13.9. The summed E-state index contributed by atoms with van der Waals surface area (Å²) in [6, 6.07) is 10.3. The average molecular weight is 312 g/mol. The van der Waals surface area contributed by atoms with Gasteiger partial charge in [0.1, 0.15) is 17.5 Å². The molecule has 0 unspecified atom stereocenters. The first-order valence-electron chi connectivity index (χ1n) is 7.32. The Bertz CT molecular complexity index is 689. The number of anilines is 1. The van der Waals surface area contributed by atoms with Crippen LogP contribution in [0.3, 0.4) is 0 Å². The standard InChI is InChI=1S/C17H20N4S/c1-4-12(3)22-17-20-15(14(10-18)16(19)21-17)9-13-7-5-11(2)6-8-13/h5-8,12H,4,9H2,1-3H3,(H2,19,20,21)/t12-/m0/s1. The van der Waals surface area contributed by atoms with Gasteiger partial charge in [0.05, 0.1) is 5.69 Å². The van der Waals surface area contributed by atoms with Crippen LogP contribution in [0, 0.1) is 18.3 Å². The normalized spacial score (nSPS) is 11.9. The summed E-state index contributed by atoms with van der Waals surface area (Å²) in [6.07, 6.45) is 1.62. The number of aromatic nitrogens is 2. The largest absolute Gasteiger partial charge is 0.382 e. The van der Waals surface area contributed by atoms with E-state index in [0.717, 1.165) is 12.0 Å². The number of nitriles is 1.